The van der Waals surface area contributed by atoms with Gasteiger partial charge in [-0.05, 0) is 37.5 Å². The summed E-state index contributed by atoms with van der Waals surface area (Å²) in [5.74, 6) is 4.04. The van der Waals surface area contributed by atoms with E-state index >= 15 is 0 Å². The normalized spacial score (nSPS) is 35.1. The van der Waals surface area contributed by atoms with E-state index in [1.165, 1.54) is 0 Å². The molecule has 0 amide bonds. The second-order valence-corrected chi connectivity index (χ2v) is 5.77. The lowest BCUT2D eigenvalue weighted by Gasteiger charge is -2.42. The van der Waals surface area contributed by atoms with Crippen LogP contribution in [0.15, 0.2) is 0 Å². The molecule has 0 aromatic carbocycles. The highest BCUT2D eigenvalue weighted by Gasteiger charge is 2.49. The summed E-state index contributed by atoms with van der Waals surface area (Å²) in [6.07, 6.45) is 0.0650. The molecule has 112 valence electrons. The first-order valence-corrected chi connectivity index (χ1v) is 7.14. The zero-order valence-electron chi connectivity index (χ0n) is 11.1. The minimum atomic E-state index is -4.12. The van der Waals surface area contributed by atoms with Crippen LogP contribution in [-0.4, -0.2) is 25.4 Å². The lowest BCUT2D eigenvalue weighted by molar-refractivity contribution is -0.202. The molecular formula is C13H23F3N2O. The summed E-state index contributed by atoms with van der Waals surface area (Å²) in [4.78, 5) is 0. The molecular weight excluding hydrogens is 257 g/mol. The van der Waals surface area contributed by atoms with Crippen molar-refractivity contribution >= 4 is 0 Å². The maximum Gasteiger partial charge on any atom is 0.392 e. The van der Waals surface area contributed by atoms with Crippen molar-refractivity contribution in [2.75, 3.05) is 13.2 Å². The van der Waals surface area contributed by atoms with Crippen LogP contribution < -0.4 is 11.3 Å². The van der Waals surface area contributed by atoms with Crippen LogP contribution in [0.4, 0.5) is 13.2 Å². The second kappa shape index (κ2) is 6.41. The van der Waals surface area contributed by atoms with Crippen molar-refractivity contribution in [1.29, 1.82) is 0 Å². The van der Waals surface area contributed by atoms with Gasteiger partial charge in [0, 0.05) is 12.6 Å². The Morgan fingerprint density at radius 1 is 1.11 bits per heavy atom. The first-order chi connectivity index (χ1) is 9.04. The molecule has 0 aromatic rings. The molecule has 0 aromatic heterocycles. The van der Waals surface area contributed by atoms with Crippen LogP contribution in [0.3, 0.4) is 0 Å². The number of hydrogen-bond acceptors (Lipinski definition) is 3. The molecule has 4 atom stereocenters. The van der Waals surface area contributed by atoms with Crippen LogP contribution in [0.5, 0.6) is 0 Å². The van der Waals surface area contributed by atoms with Crippen LogP contribution in [0.25, 0.3) is 0 Å². The van der Waals surface area contributed by atoms with Gasteiger partial charge in [0.2, 0.25) is 0 Å². The predicted molar refractivity (Wildman–Crippen MR) is 66.2 cm³/mol. The minimum Gasteiger partial charge on any atom is -0.381 e. The van der Waals surface area contributed by atoms with Gasteiger partial charge >= 0.3 is 6.18 Å². The van der Waals surface area contributed by atoms with Gasteiger partial charge in [0.15, 0.2) is 0 Å². The lowest BCUT2D eigenvalue weighted by atomic mass is 9.71. The van der Waals surface area contributed by atoms with Crippen LogP contribution in [0.2, 0.25) is 0 Å². The number of nitrogens with one attached hydrogen (secondary N) is 1. The molecule has 3 nitrogen and oxygen atoms in total. The zero-order chi connectivity index (χ0) is 13.9. The Morgan fingerprint density at radius 2 is 1.84 bits per heavy atom. The number of nitrogens with two attached hydrogens (primary N) is 1. The maximum atomic E-state index is 13.2. The fourth-order valence-electron chi connectivity index (χ4n) is 3.65. The van der Waals surface area contributed by atoms with Crippen LogP contribution >= 0.6 is 0 Å². The number of hydrogen-bond donors (Lipinski definition) is 2. The van der Waals surface area contributed by atoms with Crippen molar-refractivity contribution in [3.05, 3.63) is 0 Å². The summed E-state index contributed by atoms with van der Waals surface area (Å²) in [7, 11) is 0. The Kier molecular flexibility index (Phi) is 5.09. The Balaban J connectivity index is 2.09. The number of halogens is 3. The molecule has 1 aliphatic heterocycles. The van der Waals surface area contributed by atoms with Gasteiger partial charge in [-0.1, -0.05) is 12.8 Å². The lowest BCUT2D eigenvalue weighted by Crippen LogP contribution is -2.53. The van der Waals surface area contributed by atoms with Gasteiger partial charge in [0.05, 0.1) is 12.5 Å². The van der Waals surface area contributed by atoms with Gasteiger partial charge in [-0.15, -0.1) is 0 Å². The second-order valence-electron chi connectivity index (χ2n) is 5.77. The van der Waals surface area contributed by atoms with Gasteiger partial charge in [-0.25, -0.2) is 0 Å². The van der Waals surface area contributed by atoms with Gasteiger partial charge in [-0.3, -0.25) is 11.3 Å². The first-order valence-electron chi connectivity index (χ1n) is 7.14. The van der Waals surface area contributed by atoms with Crippen LogP contribution in [0.1, 0.15) is 38.5 Å². The van der Waals surface area contributed by atoms with E-state index in [9.17, 15) is 13.2 Å². The van der Waals surface area contributed by atoms with Crippen molar-refractivity contribution in [3.63, 3.8) is 0 Å². The SMILES string of the molecule is NNC(C1CCCOC1)C1CCCCC1C(F)(F)F. The fourth-order valence-corrected chi connectivity index (χ4v) is 3.65. The molecule has 1 aliphatic carbocycles. The molecule has 2 aliphatic rings. The third-order valence-corrected chi connectivity index (χ3v) is 4.60. The first kappa shape index (κ1) is 15.1. The third kappa shape index (κ3) is 3.61. The summed E-state index contributed by atoms with van der Waals surface area (Å²) < 4.78 is 44.9. The summed E-state index contributed by atoms with van der Waals surface area (Å²) in [6.45, 7) is 1.23. The molecule has 0 spiro atoms. The van der Waals surface area contributed by atoms with E-state index in [4.69, 9.17) is 10.6 Å². The molecule has 2 fully saturated rings. The van der Waals surface area contributed by atoms with E-state index in [2.05, 4.69) is 5.43 Å². The number of ether oxygens (including phenoxy) is 1. The molecule has 0 bridgehead atoms. The number of hydrazine groups is 1. The average molecular weight is 280 g/mol. The predicted octanol–water partition coefficient (Wildman–Crippen LogP) is 2.61. The largest absolute Gasteiger partial charge is 0.392 e. The maximum absolute atomic E-state index is 13.2. The van der Waals surface area contributed by atoms with Crippen LogP contribution in [-0.2, 0) is 4.74 Å². The van der Waals surface area contributed by atoms with E-state index < -0.39 is 18.0 Å². The monoisotopic (exact) mass is 280 g/mol. The third-order valence-electron chi connectivity index (χ3n) is 4.60. The Hall–Kier alpha value is -0.330. The highest BCUT2D eigenvalue weighted by Crippen LogP contribution is 2.44. The quantitative estimate of drug-likeness (QED) is 0.617. The molecule has 1 saturated heterocycles. The highest BCUT2D eigenvalue weighted by molar-refractivity contribution is 4.91. The summed E-state index contributed by atoms with van der Waals surface area (Å²) in [5.41, 5.74) is 2.66. The average Bonchev–Trinajstić information content (AvgIpc) is 2.40. The van der Waals surface area contributed by atoms with Gasteiger partial charge in [0.25, 0.3) is 0 Å². The Bertz CT molecular complexity index is 280. The van der Waals surface area contributed by atoms with E-state index in [0.29, 0.717) is 26.1 Å². The van der Waals surface area contributed by atoms with Gasteiger partial charge < -0.3 is 4.74 Å². The van der Waals surface area contributed by atoms with Crippen molar-refractivity contribution in [2.24, 2.45) is 23.6 Å². The number of alkyl halides is 3. The van der Waals surface area contributed by atoms with Crippen molar-refractivity contribution in [3.8, 4) is 0 Å². The van der Waals surface area contributed by atoms with E-state index in [0.717, 1.165) is 19.3 Å². The Labute approximate surface area is 112 Å². The zero-order valence-corrected chi connectivity index (χ0v) is 11.1. The molecule has 1 saturated carbocycles. The van der Waals surface area contributed by atoms with Crippen molar-refractivity contribution < 1.29 is 17.9 Å². The molecule has 2 rings (SSSR count). The highest BCUT2D eigenvalue weighted by atomic mass is 19.4. The standard InChI is InChI=1S/C13H23F3N2O/c14-13(15,16)11-6-2-1-5-10(11)12(18-17)9-4-3-7-19-8-9/h9-12,18H,1-8,17H2. The summed E-state index contributed by atoms with van der Waals surface area (Å²) in [6, 6.07) is -0.285. The molecule has 1 heterocycles. The van der Waals surface area contributed by atoms with Gasteiger partial charge in [-0.2, -0.15) is 13.2 Å². The van der Waals surface area contributed by atoms with E-state index in [1.54, 1.807) is 0 Å². The Morgan fingerprint density at radius 3 is 2.42 bits per heavy atom. The van der Waals surface area contributed by atoms with Crippen molar-refractivity contribution in [1.82, 2.24) is 5.43 Å². The topological polar surface area (TPSA) is 47.3 Å². The van der Waals surface area contributed by atoms with Gasteiger partial charge in [0.1, 0.15) is 0 Å². The molecule has 0 radical (unpaired) electrons. The molecule has 3 N–H and O–H groups in total. The molecule has 19 heavy (non-hydrogen) atoms. The number of rotatable bonds is 3. The van der Waals surface area contributed by atoms with Crippen molar-refractivity contribution in [2.45, 2.75) is 50.7 Å². The molecule has 4 unspecified atom stereocenters. The van der Waals surface area contributed by atoms with Crippen LogP contribution in [0, 0.1) is 17.8 Å². The smallest absolute Gasteiger partial charge is 0.381 e. The van der Waals surface area contributed by atoms with E-state index in [-0.39, 0.29) is 18.4 Å². The summed E-state index contributed by atoms with van der Waals surface area (Å²) >= 11 is 0. The van der Waals surface area contributed by atoms with E-state index in [1.807, 2.05) is 0 Å². The fraction of sp³-hybridized carbons (Fsp3) is 1.00. The molecule has 6 heteroatoms. The minimum absolute atomic E-state index is 0.103. The summed E-state index contributed by atoms with van der Waals surface area (Å²) in [5, 5.41) is 0.